The fourth-order valence-corrected chi connectivity index (χ4v) is 3.33. The van der Waals surface area contributed by atoms with Gasteiger partial charge in [-0.05, 0) is 55.5 Å². The van der Waals surface area contributed by atoms with Crippen LogP contribution in [0.15, 0.2) is 42.5 Å². The number of rotatable bonds is 6. The van der Waals surface area contributed by atoms with Crippen molar-refractivity contribution in [3.8, 4) is 28.6 Å². The van der Waals surface area contributed by atoms with Gasteiger partial charge in [-0.25, -0.2) is 0 Å². The molecule has 2 N–H and O–H groups in total. The predicted molar refractivity (Wildman–Crippen MR) is 115 cm³/mol. The van der Waals surface area contributed by atoms with Gasteiger partial charge < -0.3 is 19.5 Å². The van der Waals surface area contributed by atoms with Crippen molar-refractivity contribution in [1.82, 2.24) is 14.8 Å². The molecule has 156 valence electrons. The zero-order valence-corrected chi connectivity index (χ0v) is 17.3. The lowest BCUT2D eigenvalue weighted by atomic mass is 10.2. The first-order valence-corrected chi connectivity index (χ1v) is 10.1. The molecule has 1 aliphatic heterocycles. The minimum Gasteiger partial charge on any atom is -0.494 e. The van der Waals surface area contributed by atoms with Crippen molar-refractivity contribution in [2.24, 2.45) is 0 Å². The lowest BCUT2D eigenvalue weighted by Gasteiger charge is -2.11. The maximum atomic E-state index is 12.7. The molecule has 0 saturated heterocycles. The van der Waals surface area contributed by atoms with Gasteiger partial charge in [0.05, 0.1) is 19.8 Å². The van der Waals surface area contributed by atoms with Crippen LogP contribution >= 0.6 is 12.2 Å². The van der Waals surface area contributed by atoms with Gasteiger partial charge in [-0.1, -0.05) is 0 Å². The van der Waals surface area contributed by atoms with Gasteiger partial charge in [0.1, 0.15) is 12.3 Å². The van der Waals surface area contributed by atoms with Gasteiger partial charge in [0.25, 0.3) is 0 Å². The van der Waals surface area contributed by atoms with E-state index in [4.69, 9.17) is 26.4 Å². The number of carbonyl (C=O) groups excluding carboxylic acids is 1. The lowest BCUT2D eigenvalue weighted by molar-refractivity contribution is -0.116. The summed E-state index contributed by atoms with van der Waals surface area (Å²) in [6.07, 6.45) is 0.823. The van der Waals surface area contributed by atoms with Crippen LogP contribution in [0.25, 0.3) is 11.4 Å². The highest BCUT2D eigenvalue weighted by Crippen LogP contribution is 2.32. The van der Waals surface area contributed by atoms with E-state index in [1.165, 1.54) is 0 Å². The molecule has 0 fully saturated rings. The Bertz CT molecular complexity index is 1090. The molecule has 0 saturated carbocycles. The quantitative estimate of drug-likeness (QED) is 0.583. The Morgan fingerprint density at radius 1 is 1.20 bits per heavy atom. The number of amides is 1. The number of hydrogen-bond donors (Lipinski definition) is 2. The van der Waals surface area contributed by atoms with E-state index in [9.17, 15) is 4.79 Å². The van der Waals surface area contributed by atoms with E-state index in [0.29, 0.717) is 47.6 Å². The van der Waals surface area contributed by atoms with Crippen LogP contribution in [0.4, 0.5) is 5.69 Å². The topological polar surface area (TPSA) is 90.4 Å². The van der Waals surface area contributed by atoms with Gasteiger partial charge in [0.2, 0.25) is 5.91 Å². The van der Waals surface area contributed by atoms with Crippen LogP contribution in [0.5, 0.6) is 17.2 Å². The van der Waals surface area contributed by atoms with Crippen LogP contribution in [-0.4, -0.2) is 40.5 Å². The van der Waals surface area contributed by atoms with Crippen LogP contribution < -0.4 is 19.5 Å². The molecule has 1 aliphatic rings. The van der Waals surface area contributed by atoms with Crippen LogP contribution in [0.2, 0.25) is 0 Å². The number of carbonyl (C=O) groups is 1. The molecule has 9 heteroatoms. The fraction of sp³-hybridized carbons (Fsp3) is 0.286. The Kier molecular flexibility index (Phi) is 5.99. The molecule has 30 heavy (non-hydrogen) atoms. The van der Waals surface area contributed by atoms with E-state index >= 15 is 0 Å². The largest absolute Gasteiger partial charge is 0.494 e. The van der Waals surface area contributed by atoms with E-state index in [-0.39, 0.29) is 12.5 Å². The van der Waals surface area contributed by atoms with E-state index in [0.717, 1.165) is 17.7 Å². The third-order valence-corrected chi connectivity index (χ3v) is 4.83. The number of nitrogens with one attached hydrogen (secondary N) is 2. The second-order valence-corrected chi connectivity index (χ2v) is 7.04. The molecule has 2 aromatic carbocycles. The number of hydrogen-bond acceptors (Lipinski definition) is 6. The zero-order valence-electron chi connectivity index (χ0n) is 16.5. The maximum Gasteiger partial charge on any atom is 0.244 e. The highest BCUT2D eigenvalue weighted by atomic mass is 32.1. The van der Waals surface area contributed by atoms with Crippen LogP contribution in [0.1, 0.15) is 13.3 Å². The summed E-state index contributed by atoms with van der Waals surface area (Å²) in [6, 6.07) is 12.8. The molecule has 4 rings (SSSR count). The van der Waals surface area contributed by atoms with Crippen molar-refractivity contribution in [2.45, 2.75) is 19.9 Å². The molecule has 1 aromatic heterocycles. The van der Waals surface area contributed by atoms with Crippen molar-refractivity contribution >= 4 is 23.8 Å². The maximum absolute atomic E-state index is 12.7. The van der Waals surface area contributed by atoms with E-state index < -0.39 is 0 Å². The Morgan fingerprint density at radius 3 is 2.73 bits per heavy atom. The first kappa shape index (κ1) is 20.0. The van der Waals surface area contributed by atoms with Crippen LogP contribution in [-0.2, 0) is 11.3 Å². The number of aromatic amines is 1. The molecular weight excluding hydrogens is 404 g/mol. The van der Waals surface area contributed by atoms with Crippen molar-refractivity contribution in [3.05, 3.63) is 47.2 Å². The third kappa shape index (κ3) is 4.46. The summed E-state index contributed by atoms with van der Waals surface area (Å²) in [5.74, 6) is 2.43. The molecule has 0 spiro atoms. The van der Waals surface area contributed by atoms with Gasteiger partial charge >= 0.3 is 0 Å². The van der Waals surface area contributed by atoms with Crippen LogP contribution in [0.3, 0.4) is 0 Å². The number of aromatic nitrogens is 3. The summed E-state index contributed by atoms with van der Waals surface area (Å²) in [7, 11) is 0. The standard InChI is InChI=1S/C21H22N4O4S/c1-2-27-16-7-4-14(5-8-16)20-23-24-21(30)25(20)13-19(26)22-15-6-9-17-18(12-15)29-11-3-10-28-17/h4-9,12H,2-3,10-11,13H2,1H3,(H,22,26)(H,24,30). The predicted octanol–water partition coefficient (Wildman–Crippen LogP) is 3.81. The molecule has 0 atom stereocenters. The molecule has 0 aliphatic carbocycles. The SMILES string of the molecule is CCOc1ccc(-c2n[nH]c(=S)n2CC(=O)Nc2ccc3c(c2)OCCCO3)cc1. The van der Waals surface area contributed by atoms with Crippen molar-refractivity contribution < 1.29 is 19.0 Å². The van der Waals surface area contributed by atoms with Crippen molar-refractivity contribution in [1.29, 1.82) is 0 Å². The number of H-pyrrole nitrogens is 1. The first-order valence-electron chi connectivity index (χ1n) is 9.72. The smallest absolute Gasteiger partial charge is 0.244 e. The summed E-state index contributed by atoms with van der Waals surface area (Å²) in [4.78, 5) is 12.7. The summed E-state index contributed by atoms with van der Waals surface area (Å²) in [5, 5.41) is 9.92. The molecule has 3 aromatic rings. The highest BCUT2D eigenvalue weighted by Gasteiger charge is 2.15. The van der Waals surface area contributed by atoms with Crippen molar-refractivity contribution in [3.63, 3.8) is 0 Å². The van der Waals surface area contributed by atoms with Gasteiger partial charge in [-0.2, -0.15) is 5.10 Å². The number of ether oxygens (including phenoxy) is 3. The average Bonchev–Trinajstić information content (AvgIpc) is 2.95. The number of fused-ring (bicyclic) bond motifs is 1. The van der Waals surface area contributed by atoms with Gasteiger partial charge in [-0.15, -0.1) is 0 Å². The molecule has 2 heterocycles. The molecule has 1 amide bonds. The Balaban J connectivity index is 1.49. The zero-order chi connectivity index (χ0) is 20.9. The van der Waals surface area contributed by atoms with Crippen molar-refractivity contribution in [2.75, 3.05) is 25.1 Å². The minimum atomic E-state index is -0.228. The number of nitrogens with zero attached hydrogens (tertiary/aromatic N) is 2. The van der Waals surface area contributed by atoms with E-state index in [1.54, 1.807) is 22.8 Å². The second kappa shape index (κ2) is 9.00. The monoisotopic (exact) mass is 426 g/mol. The third-order valence-electron chi connectivity index (χ3n) is 4.51. The van der Waals surface area contributed by atoms with E-state index in [1.807, 2.05) is 31.2 Å². The Morgan fingerprint density at radius 2 is 1.97 bits per heavy atom. The van der Waals surface area contributed by atoms with Crippen LogP contribution in [0, 0.1) is 4.77 Å². The molecule has 0 radical (unpaired) electrons. The molecule has 8 nitrogen and oxygen atoms in total. The molecule has 0 bridgehead atoms. The van der Waals surface area contributed by atoms with E-state index in [2.05, 4.69) is 15.5 Å². The Hall–Kier alpha value is -3.33. The van der Waals surface area contributed by atoms with Gasteiger partial charge in [0, 0.05) is 23.7 Å². The second-order valence-electron chi connectivity index (χ2n) is 6.66. The molecular formula is C21H22N4O4S. The Labute approximate surface area is 178 Å². The van der Waals surface area contributed by atoms with Gasteiger partial charge in [0.15, 0.2) is 22.1 Å². The number of benzene rings is 2. The normalized spacial score (nSPS) is 12.8. The minimum absolute atomic E-state index is 0.0202. The average molecular weight is 426 g/mol. The first-order chi connectivity index (χ1) is 14.6. The summed E-state index contributed by atoms with van der Waals surface area (Å²) in [6.45, 7) is 3.75. The van der Waals surface area contributed by atoms with Gasteiger partial charge in [-0.3, -0.25) is 14.5 Å². The summed E-state index contributed by atoms with van der Waals surface area (Å²) >= 11 is 5.32. The fourth-order valence-electron chi connectivity index (χ4n) is 3.14. The highest BCUT2D eigenvalue weighted by molar-refractivity contribution is 7.71. The summed E-state index contributed by atoms with van der Waals surface area (Å²) in [5.41, 5.74) is 1.45. The lowest BCUT2D eigenvalue weighted by Crippen LogP contribution is -2.19. The number of anilines is 1. The summed E-state index contributed by atoms with van der Waals surface area (Å²) < 4.78 is 18.8. The molecule has 0 unspecified atom stereocenters.